The third-order valence-corrected chi connectivity index (χ3v) is 4.26. The lowest BCUT2D eigenvalue weighted by atomic mass is 10.0. The molecule has 0 fully saturated rings. The Balaban J connectivity index is 1.85. The molecule has 0 aliphatic carbocycles. The normalized spacial score (nSPS) is 11.4. The second kappa shape index (κ2) is 7.42. The van der Waals surface area contributed by atoms with Crippen LogP contribution in [-0.4, -0.2) is 17.0 Å². The molecule has 3 aromatic carbocycles. The fourth-order valence-electron chi connectivity index (χ4n) is 2.69. The number of amides is 1. The fraction of sp³-hybridized carbons (Fsp3) is 0.0476. The standard InChI is InChI=1S/C21H16ClNO3/c1-13(15-7-6-14-4-2-3-5-16(14)11-15)10-20(24)23-19-9-8-17(22)12-18(19)21(25)26/h2-12H,1H3,(H,23,24)(H,25,26). The van der Waals surface area contributed by atoms with Crippen LogP contribution in [0.15, 0.2) is 66.7 Å². The molecule has 26 heavy (non-hydrogen) atoms. The minimum atomic E-state index is -1.15. The summed E-state index contributed by atoms with van der Waals surface area (Å²) in [7, 11) is 0. The van der Waals surface area contributed by atoms with Crippen LogP contribution in [0.1, 0.15) is 22.8 Å². The van der Waals surface area contributed by atoms with Crippen molar-refractivity contribution in [2.75, 3.05) is 5.32 Å². The Morgan fingerprint density at radius 1 is 1.00 bits per heavy atom. The van der Waals surface area contributed by atoms with Crippen molar-refractivity contribution < 1.29 is 14.7 Å². The number of carbonyl (C=O) groups excluding carboxylic acids is 1. The number of allylic oxidation sites excluding steroid dienone is 1. The number of aromatic carboxylic acids is 1. The number of anilines is 1. The highest BCUT2D eigenvalue weighted by Gasteiger charge is 2.12. The summed E-state index contributed by atoms with van der Waals surface area (Å²) >= 11 is 5.82. The van der Waals surface area contributed by atoms with Gasteiger partial charge in [0.2, 0.25) is 5.91 Å². The molecular formula is C21H16ClNO3. The quantitative estimate of drug-likeness (QED) is 0.622. The van der Waals surface area contributed by atoms with Crippen molar-refractivity contribution in [3.63, 3.8) is 0 Å². The molecule has 0 saturated heterocycles. The van der Waals surface area contributed by atoms with E-state index in [-0.39, 0.29) is 11.3 Å². The molecule has 0 aliphatic heterocycles. The predicted molar refractivity (Wildman–Crippen MR) is 105 cm³/mol. The number of hydrogen-bond acceptors (Lipinski definition) is 2. The Kier molecular flexibility index (Phi) is 5.05. The summed E-state index contributed by atoms with van der Waals surface area (Å²) < 4.78 is 0. The van der Waals surface area contributed by atoms with Gasteiger partial charge in [0.1, 0.15) is 0 Å². The zero-order chi connectivity index (χ0) is 18.7. The monoisotopic (exact) mass is 365 g/mol. The summed E-state index contributed by atoms with van der Waals surface area (Å²) in [4.78, 5) is 23.6. The van der Waals surface area contributed by atoms with Crippen LogP contribution >= 0.6 is 11.6 Å². The number of carboxylic acids is 1. The molecule has 0 heterocycles. The smallest absolute Gasteiger partial charge is 0.337 e. The molecule has 1 amide bonds. The minimum absolute atomic E-state index is 0.0531. The summed E-state index contributed by atoms with van der Waals surface area (Å²) in [5, 5.41) is 14.3. The van der Waals surface area contributed by atoms with E-state index in [0.29, 0.717) is 5.02 Å². The Morgan fingerprint density at radius 2 is 1.73 bits per heavy atom. The molecule has 0 spiro atoms. The van der Waals surface area contributed by atoms with Crippen LogP contribution in [0, 0.1) is 0 Å². The molecule has 4 nitrogen and oxygen atoms in total. The zero-order valence-electron chi connectivity index (χ0n) is 14.0. The van der Waals surface area contributed by atoms with E-state index < -0.39 is 11.9 Å². The maximum atomic E-state index is 12.3. The first kappa shape index (κ1) is 17.7. The van der Waals surface area contributed by atoms with Crippen molar-refractivity contribution in [2.45, 2.75) is 6.92 Å². The van der Waals surface area contributed by atoms with Gasteiger partial charge in [0, 0.05) is 11.1 Å². The van der Waals surface area contributed by atoms with Crippen molar-refractivity contribution in [1.82, 2.24) is 0 Å². The van der Waals surface area contributed by atoms with E-state index in [1.165, 1.54) is 24.3 Å². The van der Waals surface area contributed by atoms with Crippen molar-refractivity contribution in [2.24, 2.45) is 0 Å². The first-order valence-corrected chi connectivity index (χ1v) is 8.33. The molecule has 0 bridgehead atoms. The molecule has 0 unspecified atom stereocenters. The Morgan fingerprint density at radius 3 is 2.46 bits per heavy atom. The molecule has 0 aliphatic rings. The number of fused-ring (bicyclic) bond motifs is 1. The number of hydrogen-bond donors (Lipinski definition) is 2. The van der Waals surface area contributed by atoms with E-state index in [1.54, 1.807) is 0 Å². The number of carboxylic acid groups (broad SMARTS) is 1. The van der Waals surface area contributed by atoms with Gasteiger partial charge in [0.15, 0.2) is 0 Å². The van der Waals surface area contributed by atoms with Gasteiger partial charge in [-0.05, 0) is 53.1 Å². The highest BCUT2D eigenvalue weighted by molar-refractivity contribution is 6.31. The summed E-state index contributed by atoms with van der Waals surface area (Å²) in [5.74, 6) is -1.56. The second-order valence-corrected chi connectivity index (χ2v) is 6.31. The molecular weight excluding hydrogens is 350 g/mol. The highest BCUT2D eigenvalue weighted by Crippen LogP contribution is 2.23. The third kappa shape index (κ3) is 3.92. The van der Waals surface area contributed by atoms with Gasteiger partial charge in [-0.3, -0.25) is 4.79 Å². The largest absolute Gasteiger partial charge is 0.478 e. The molecule has 0 aromatic heterocycles. The first-order chi connectivity index (χ1) is 12.4. The number of rotatable bonds is 4. The van der Waals surface area contributed by atoms with E-state index in [9.17, 15) is 14.7 Å². The van der Waals surface area contributed by atoms with Gasteiger partial charge in [-0.1, -0.05) is 48.0 Å². The fourth-order valence-corrected chi connectivity index (χ4v) is 2.86. The van der Waals surface area contributed by atoms with E-state index >= 15 is 0 Å². The zero-order valence-corrected chi connectivity index (χ0v) is 14.7. The minimum Gasteiger partial charge on any atom is -0.478 e. The lowest BCUT2D eigenvalue weighted by Gasteiger charge is -2.08. The van der Waals surface area contributed by atoms with Crippen molar-refractivity contribution in [3.05, 3.63) is 82.9 Å². The topological polar surface area (TPSA) is 66.4 Å². The van der Waals surface area contributed by atoms with Crippen LogP contribution < -0.4 is 5.32 Å². The maximum Gasteiger partial charge on any atom is 0.337 e. The van der Waals surface area contributed by atoms with Gasteiger partial charge in [-0.2, -0.15) is 0 Å². The molecule has 2 N–H and O–H groups in total. The number of nitrogens with one attached hydrogen (secondary N) is 1. The second-order valence-electron chi connectivity index (χ2n) is 5.87. The van der Waals surface area contributed by atoms with Crippen LogP contribution in [0.5, 0.6) is 0 Å². The van der Waals surface area contributed by atoms with Gasteiger partial charge >= 0.3 is 5.97 Å². The van der Waals surface area contributed by atoms with Crippen LogP contribution in [0.2, 0.25) is 5.02 Å². The number of halogens is 1. The summed E-state index contributed by atoms with van der Waals surface area (Å²) in [6.07, 6.45) is 1.45. The van der Waals surface area contributed by atoms with Crippen molar-refractivity contribution >= 4 is 45.5 Å². The molecule has 3 aromatic rings. The lowest BCUT2D eigenvalue weighted by Crippen LogP contribution is -2.12. The average molecular weight is 366 g/mol. The SMILES string of the molecule is CC(=CC(=O)Nc1ccc(Cl)cc1C(=O)O)c1ccc2ccccc2c1. The van der Waals surface area contributed by atoms with E-state index in [4.69, 9.17) is 11.6 Å². The van der Waals surface area contributed by atoms with Crippen molar-refractivity contribution in [3.8, 4) is 0 Å². The maximum absolute atomic E-state index is 12.3. The summed E-state index contributed by atoms with van der Waals surface area (Å²) in [6, 6.07) is 18.3. The molecule has 130 valence electrons. The lowest BCUT2D eigenvalue weighted by molar-refractivity contribution is -0.111. The van der Waals surface area contributed by atoms with Gasteiger partial charge in [-0.25, -0.2) is 4.79 Å². The molecule has 0 radical (unpaired) electrons. The van der Waals surface area contributed by atoms with Crippen LogP contribution in [0.4, 0.5) is 5.69 Å². The predicted octanol–water partition coefficient (Wildman–Crippen LogP) is 5.23. The first-order valence-electron chi connectivity index (χ1n) is 7.95. The Labute approximate surface area is 155 Å². The van der Waals surface area contributed by atoms with Gasteiger partial charge in [0.25, 0.3) is 0 Å². The van der Waals surface area contributed by atoms with Gasteiger partial charge in [0.05, 0.1) is 11.3 Å². The van der Waals surface area contributed by atoms with Crippen LogP contribution in [0.3, 0.4) is 0 Å². The molecule has 0 atom stereocenters. The molecule has 0 saturated carbocycles. The van der Waals surface area contributed by atoms with Crippen LogP contribution in [0.25, 0.3) is 16.3 Å². The third-order valence-electron chi connectivity index (χ3n) is 4.02. The summed E-state index contributed by atoms with van der Waals surface area (Å²) in [5.41, 5.74) is 1.85. The molecule has 5 heteroatoms. The van der Waals surface area contributed by atoms with Crippen molar-refractivity contribution in [1.29, 1.82) is 0 Å². The van der Waals surface area contributed by atoms with Gasteiger partial charge in [-0.15, -0.1) is 0 Å². The summed E-state index contributed by atoms with van der Waals surface area (Å²) in [6.45, 7) is 1.84. The average Bonchev–Trinajstić information content (AvgIpc) is 2.62. The van der Waals surface area contributed by atoms with E-state index in [1.807, 2.05) is 49.4 Å². The Bertz CT molecular complexity index is 1040. The van der Waals surface area contributed by atoms with E-state index in [2.05, 4.69) is 5.32 Å². The number of benzene rings is 3. The van der Waals surface area contributed by atoms with E-state index in [0.717, 1.165) is 21.9 Å². The Hall–Kier alpha value is -3.11. The van der Waals surface area contributed by atoms with Crippen LogP contribution in [-0.2, 0) is 4.79 Å². The number of carbonyl (C=O) groups is 2. The highest BCUT2D eigenvalue weighted by atomic mass is 35.5. The van der Waals surface area contributed by atoms with Gasteiger partial charge < -0.3 is 10.4 Å². The molecule has 3 rings (SSSR count).